The van der Waals surface area contributed by atoms with Gasteiger partial charge in [-0.25, -0.2) is 0 Å². The third-order valence-corrected chi connectivity index (χ3v) is 2.79. The van der Waals surface area contributed by atoms with Gasteiger partial charge >= 0.3 is 0 Å². The number of aliphatic hydroxyl groups is 1. The van der Waals surface area contributed by atoms with Crippen LogP contribution in [0.25, 0.3) is 0 Å². The zero-order valence-corrected chi connectivity index (χ0v) is 10.6. The monoisotopic (exact) mass is 244 g/mol. The molecule has 0 aliphatic rings. The Bertz CT molecular complexity index is 401. The van der Waals surface area contributed by atoms with Crippen molar-refractivity contribution < 1.29 is 18.6 Å². The molecular formula is C13H18F2O2. The summed E-state index contributed by atoms with van der Waals surface area (Å²) in [6, 6.07) is 3.02. The highest BCUT2D eigenvalue weighted by molar-refractivity contribution is 5.45. The first kappa shape index (κ1) is 13.9. The Hall–Kier alpha value is -1.16. The lowest BCUT2D eigenvalue weighted by atomic mass is 9.94. The Morgan fingerprint density at radius 2 is 1.94 bits per heavy atom. The van der Waals surface area contributed by atoms with E-state index in [1.807, 2.05) is 13.8 Å². The maximum atomic E-state index is 13.5. The number of benzene rings is 1. The van der Waals surface area contributed by atoms with Crippen LogP contribution in [0.1, 0.15) is 36.5 Å². The number of aliphatic hydroxyl groups excluding tert-OH is 1. The topological polar surface area (TPSA) is 29.5 Å². The van der Waals surface area contributed by atoms with Gasteiger partial charge in [0.2, 0.25) is 0 Å². The van der Waals surface area contributed by atoms with Crippen molar-refractivity contribution in [3.63, 3.8) is 0 Å². The molecule has 0 unspecified atom stereocenters. The lowest BCUT2D eigenvalue weighted by Crippen LogP contribution is -2.20. The zero-order chi connectivity index (χ0) is 13.2. The smallest absolute Gasteiger partial charge is 0.296 e. The largest absolute Gasteiger partial charge is 0.496 e. The Kier molecular flexibility index (Phi) is 4.09. The number of rotatable bonds is 4. The Balaban J connectivity index is 3.39. The lowest BCUT2D eigenvalue weighted by Gasteiger charge is -2.20. The summed E-state index contributed by atoms with van der Waals surface area (Å²) in [7, 11) is 1.52. The summed E-state index contributed by atoms with van der Waals surface area (Å²) in [6.45, 7) is 4.23. The molecule has 2 nitrogen and oxygen atoms in total. The number of hydrogen-bond donors (Lipinski definition) is 1. The van der Waals surface area contributed by atoms with Gasteiger partial charge in [-0.15, -0.1) is 0 Å². The van der Waals surface area contributed by atoms with Crippen LogP contribution in [-0.2, 0) is 5.92 Å². The van der Waals surface area contributed by atoms with Gasteiger partial charge in [-0.05, 0) is 36.1 Å². The molecule has 0 bridgehead atoms. The molecule has 1 rings (SSSR count). The van der Waals surface area contributed by atoms with E-state index >= 15 is 0 Å². The van der Waals surface area contributed by atoms with Gasteiger partial charge in [0.05, 0.1) is 7.11 Å². The number of alkyl halides is 2. The van der Waals surface area contributed by atoms with E-state index in [1.165, 1.54) is 13.2 Å². The molecular weight excluding hydrogens is 226 g/mol. The lowest BCUT2D eigenvalue weighted by molar-refractivity contribution is -0.0561. The molecule has 0 amide bonds. The Morgan fingerprint density at radius 3 is 2.35 bits per heavy atom. The molecule has 17 heavy (non-hydrogen) atoms. The molecule has 4 heteroatoms. The van der Waals surface area contributed by atoms with Gasteiger partial charge in [0, 0.05) is 5.56 Å². The van der Waals surface area contributed by atoms with Crippen LogP contribution < -0.4 is 4.74 Å². The van der Waals surface area contributed by atoms with Gasteiger partial charge in [0.1, 0.15) is 12.4 Å². The summed E-state index contributed by atoms with van der Waals surface area (Å²) < 4.78 is 32.2. The highest BCUT2D eigenvalue weighted by atomic mass is 19.3. The van der Waals surface area contributed by atoms with Gasteiger partial charge in [-0.3, -0.25) is 0 Å². The average Bonchev–Trinajstić information content (AvgIpc) is 2.27. The third-order valence-electron chi connectivity index (χ3n) is 2.79. The van der Waals surface area contributed by atoms with E-state index in [-0.39, 0.29) is 11.5 Å². The molecule has 0 heterocycles. The van der Waals surface area contributed by atoms with Crippen molar-refractivity contribution in [2.24, 2.45) is 0 Å². The standard InChI is InChI=1S/C13H18F2O2/c1-8(2)10-6-11(13(14,15)7-16)9(3)5-12(10)17-4/h5-6,8,16H,7H2,1-4H3. The second-order valence-electron chi connectivity index (χ2n) is 4.43. The second kappa shape index (κ2) is 5.00. The minimum atomic E-state index is -3.21. The van der Waals surface area contributed by atoms with E-state index in [0.29, 0.717) is 11.3 Å². The number of halogens is 2. The maximum absolute atomic E-state index is 13.5. The number of methoxy groups -OCH3 is 1. The number of aryl methyl sites for hydroxylation is 1. The first-order valence-electron chi connectivity index (χ1n) is 5.51. The van der Waals surface area contributed by atoms with Crippen molar-refractivity contribution >= 4 is 0 Å². The van der Waals surface area contributed by atoms with Crippen LogP contribution in [0, 0.1) is 6.92 Å². The molecule has 0 radical (unpaired) electrons. The fourth-order valence-corrected chi connectivity index (χ4v) is 1.81. The van der Waals surface area contributed by atoms with Crippen molar-refractivity contribution in [1.82, 2.24) is 0 Å². The van der Waals surface area contributed by atoms with Crippen molar-refractivity contribution in [2.75, 3.05) is 13.7 Å². The van der Waals surface area contributed by atoms with Crippen LogP contribution >= 0.6 is 0 Å². The van der Waals surface area contributed by atoms with Gasteiger partial charge < -0.3 is 9.84 Å². The van der Waals surface area contributed by atoms with Gasteiger partial charge in [0.25, 0.3) is 5.92 Å². The van der Waals surface area contributed by atoms with Crippen molar-refractivity contribution in [2.45, 2.75) is 32.6 Å². The number of ether oxygens (including phenoxy) is 1. The first-order valence-corrected chi connectivity index (χ1v) is 5.51. The van der Waals surface area contributed by atoms with Crippen molar-refractivity contribution in [1.29, 1.82) is 0 Å². The van der Waals surface area contributed by atoms with Crippen LogP contribution in [0.3, 0.4) is 0 Å². The first-order chi connectivity index (χ1) is 7.83. The van der Waals surface area contributed by atoms with E-state index in [1.54, 1.807) is 13.0 Å². The zero-order valence-electron chi connectivity index (χ0n) is 10.6. The molecule has 0 fully saturated rings. The third kappa shape index (κ3) is 2.75. The van der Waals surface area contributed by atoms with E-state index in [9.17, 15) is 8.78 Å². The summed E-state index contributed by atoms with van der Waals surface area (Å²) in [6.07, 6.45) is 0. The Labute approximate surface area is 100 Å². The molecule has 0 aromatic heterocycles. The molecule has 0 spiro atoms. The van der Waals surface area contributed by atoms with E-state index < -0.39 is 12.5 Å². The molecule has 96 valence electrons. The van der Waals surface area contributed by atoms with Gasteiger partial charge in [0.15, 0.2) is 0 Å². The predicted molar refractivity (Wildman–Crippen MR) is 62.8 cm³/mol. The highest BCUT2D eigenvalue weighted by Gasteiger charge is 2.33. The SMILES string of the molecule is COc1cc(C)c(C(F)(F)CO)cc1C(C)C. The molecule has 1 N–H and O–H groups in total. The molecule has 1 aromatic carbocycles. The minimum absolute atomic E-state index is 0.0822. The normalized spacial score (nSPS) is 12.0. The van der Waals surface area contributed by atoms with Gasteiger partial charge in [-0.2, -0.15) is 8.78 Å². The van der Waals surface area contributed by atoms with E-state index in [2.05, 4.69) is 0 Å². The van der Waals surface area contributed by atoms with Crippen molar-refractivity contribution in [3.8, 4) is 5.75 Å². The molecule has 0 aliphatic carbocycles. The summed E-state index contributed by atoms with van der Waals surface area (Å²) in [5.41, 5.74) is 1.01. The van der Waals surface area contributed by atoms with Crippen LogP contribution in [0.4, 0.5) is 8.78 Å². The van der Waals surface area contributed by atoms with E-state index in [0.717, 1.165) is 5.56 Å². The van der Waals surface area contributed by atoms with Crippen LogP contribution in [-0.4, -0.2) is 18.8 Å². The Morgan fingerprint density at radius 1 is 1.35 bits per heavy atom. The molecule has 0 saturated heterocycles. The predicted octanol–water partition coefficient (Wildman–Crippen LogP) is 3.21. The van der Waals surface area contributed by atoms with Crippen molar-refractivity contribution in [3.05, 3.63) is 28.8 Å². The maximum Gasteiger partial charge on any atom is 0.296 e. The summed E-state index contributed by atoms with van der Waals surface area (Å²) in [4.78, 5) is 0. The quantitative estimate of drug-likeness (QED) is 0.881. The molecule has 1 aromatic rings. The number of hydrogen-bond acceptors (Lipinski definition) is 2. The van der Waals surface area contributed by atoms with Gasteiger partial charge in [-0.1, -0.05) is 13.8 Å². The summed E-state index contributed by atoms with van der Waals surface area (Å²) in [5.74, 6) is -2.52. The highest BCUT2D eigenvalue weighted by Crippen LogP contribution is 2.36. The minimum Gasteiger partial charge on any atom is -0.496 e. The summed E-state index contributed by atoms with van der Waals surface area (Å²) in [5, 5.41) is 8.75. The van der Waals surface area contributed by atoms with E-state index in [4.69, 9.17) is 9.84 Å². The molecule has 0 atom stereocenters. The fraction of sp³-hybridized carbons (Fsp3) is 0.538. The molecule has 0 saturated carbocycles. The second-order valence-corrected chi connectivity index (χ2v) is 4.43. The van der Waals surface area contributed by atoms with Crippen LogP contribution in [0.5, 0.6) is 5.75 Å². The fourth-order valence-electron chi connectivity index (χ4n) is 1.81. The average molecular weight is 244 g/mol. The van der Waals surface area contributed by atoms with Crippen LogP contribution in [0.2, 0.25) is 0 Å². The van der Waals surface area contributed by atoms with Crippen LogP contribution in [0.15, 0.2) is 12.1 Å². The summed E-state index contributed by atoms with van der Waals surface area (Å²) >= 11 is 0. The molecule has 0 aliphatic heterocycles.